The molecule has 3 rings (SSSR count). The lowest BCUT2D eigenvalue weighted by atomic mass is 10.1. The second-order valence-electron chi connectivity index (χ2n) is 6.90. The number of oxime groups is 1. The van der Waals surface area contributed by atoms with E-state index in [2.05, 4.69) is 5.16 Å². The Morgan fingerprint density at radius 1 is 1.09 bits per heavy atom. The highest BCUT2D eigenvalue weighted by molar-refractivity contribution is 5.97. The predicted octanol–water partition coefficient (Wildman–Crippen LogP) is 4.60. The summed E-state index contributed by atoms with van der Waals surface area (Å²) in [6.07, 6.45) is 2.82. The van der Waals surface area contributed by atoms with Gasteiger partial charge in [-0.15, -0.1) is 0 Å². The normalized spacial score (nSPS) is 11.4. The van der Waals surface area contributed by atoms with E-state index in [4.69, 9.17) is 20.0 Å². The van der Waals surface area contributed by atoms with Crippen molar-refractivity contribution in [2.24, 2.45) is 10.9 Å². The number of ether oxygens (including phenoxy) is 2. The smallest absolute Gasteiger partial charge is 0.358 e. The second kappa shape index (κ2) is 10.8. The zero-order valence-corrected chi connectivity index (χ0v) is 17.7. The quantitative estimate of drug-likeness (QED) is 0.184. The molecule has 0 atom stereocenters. The standard InChI is InChI=1S/C25H23FN2O4/c1-17-4-3-5-22(14-17)31-16-20-15-18(6-12-23(20)30-2)7-13-24(29)32-28-25(27)19-8-10-21(26)11-9-19/h3-15H,16H2,1-2H3,(H2,27,28)/b13-7-. The van der Waals surface area contributed by atoms with E-state index in [-0.39, 0.29) is 5.84 Å². The molecule has 164 valence electrons. The molecule has 0 amide bonds. The summed E-state index contributed by atoms with van der Waals surface area (Å²) in [5.41, 5.74) is 8.86. The summed E-state index contributed by atoms with van der Waals surface area (Å²) in [5.74, 6) is 0.294. The highest BCUT2D eigenvalue weighted by atomic mass is 19.1. The van der Waals surface area contributed by atoms with Gasteiger partial charge in [0.1, 0.15) is 23.9 Å². The molecule has 0 spiro atoms. The lowest BCUT2D eigenvalue weighted by Crippen LogP contribution is -2.14. The summed E-state index contributed by atoms with van der Waals surface area (Å²) in [7, 11) is 1.59. The molecule has 0 unspecified atom stereocenters. The van der Waals surface area contributed by atoms with Crippen molar-refractivity contribution in [2.45, 2.75) is 13.5 Å². The summed E-state index contributed by atoms with van der Waals surface area (Å²) in [4.78, 5) is 16.8. The van der Waals surface area contributed by atoms with Crippen molar-refractivity contribution in [1.29, 1.82) is 0 Å². The second-order valence-corrected chi connectivity index (χ2v) is 6.90. The molecule has 0 aliphatic heterocycles. The zero-order valence-electron chi connectivity index (χ0n) is 17.7. The molecular formula is C25H23FN2O4. The minimum Gasteiger partial charge on any atom is -0.496 e. The van der Waals surface area contributed by atoms with Crippen molar-refractivity contribution < 1.29 is 23.5 Å². The highest BCUT2D eigenvalue weighted by Gasteiger charge is 2.06. The molecule has 32 heavy (non-hydrogen) atoms. The van der Waals surface area contributed by atoms with Crippen molar-refractivity contribution in [3.8, 4) is 11.5 Å². The summed E-state index contributed by atoms with van der Waals surface area (Å²) >= 11 is 0. The molecule has 0 aromatic heterocycles. The summed E-state index contributed by atoms with van der Waals surface area (Å²) < 4.78 is 24.2. The maximum absolute atomic E-state index is 13.0. The van der Waals surface area contributed by atoms with Crippen LogP contribution in [0.1, 0.15) is 22.3 Å². The maximum atomic E-state index is 13.0. The Labute approximate surface area is 185 Å². The van der Waals surface area contributed by atoms with E-state index < -0.39 is 11.8 Å². The van der Waals surface area contributed by atoms with Gasteiger partial charge in [-0.25, -0.2) is 9.18 Å². The van der Waals surface area contributed by atoms with Gasteiger partial charge in [0.05, 0.1) is 7.11 Å². The summed E-state index contributed by atoms with van der Waals surface area (Å²) in [6.45, 7) is 2.30. The fraction of sp³-hybridized carbons (Fsp3) is 0.120. The Bertz CT molecular complexity index is 1140. The predicted molar refractivity (Wildman–Crippen MR) is 121 cm³/mol. The lowest BCUT2D eigenvalue weighted by Gasteiger charge is -2.11. The number of aryl methyl sites for hydroxylation is 1. The van der Waals surface area contributed by atoms with E-state index >= 15 is 0 Å². The minimum absolute atomic E-state index is 0.0354. The molecule has 0 heterocycles. The van der Waals surface area contributed by atoms with E-state index in [0.717, 1.165) is 22.4 Å². The van der Waals surface area contributed by atoms with Crippen LogP contribution >= 0.6 is 0 Å². The monoisotopic (exact) mass is 434 g/mol. The number of rotatable bonds is 8. The number of hydrogen-bond acceptors (Lipinski definition) is 5. The van der Waals surface area contributed by atoms with Crippen LogP contribution in [0.15, 0.2) is 78.0 Å². The topological polar surface area (TPSA) is 83.1 Å². The fourth-order valence-corrected chi connectivity index (χ4v) is 2.84. The average Bonchev–Trinajstić information content (AvgIpc) is 2.80. The number of hydrogen-bond donors (Lipinski definition) is 1. The van der Waals surface area contributed by atoms with E-state index in [1.165, 1.54) is 30.3 Å². The summed E-state index contributed by atoms with van der Waals surface area (Å²) in [5, 5.41) is 3.58. The van der Waals surface area contributed by atoms with Crippen LogP contribution < -0.4 is 15.2 Å². The van der Waals surface area contributed by atoms with Gasteiger partial charge in [0.15, 0.2) is 5.84 Å². The van der Waals surface area contributed by atoms with E-state index in [1.54, 1.807) is 25.3 Å². The van der Waals surface area contributed by atoms with Crippen molar-refractivity contribution in [1.82, 2.24) is 0 Å². The number of nitrogens with zero attached hydrogens (tertiary/aromatic N) is 1. The lowest BCUT2D eigenvalue weighted by molar-refractivity contribution is -0.137. The molecular weight excluding hydrogens is 411 g/mol. The number of methoxy groups -OCH3 is 1. The van der Waals surface area contributed by atoms with Gasteiger partial charge >= 0.3 is 5.97 Å². The molecule has 0 aliphatic rings. The molecule has 6 nitrogen and oxygen atoms in total. The third kappa shape index (κ3) is 6.43. The van der Waals surface area contributed by atoms with Crippen LogP contribution in [0.25, 0.3) is 6.08 Å². The Morgan fingerprint density at radius 2 is 1.88 bits per heavy atom. The Balaban J connectivity index is 1.64. The number of halogens is 1. The first-order valence-corrected chi connectivity index (χ1v) is 9.79. The third-order valence-electron chi connectivity index (χ3n) is 4.47. The number of carbonyl (C=O) groups is 1. The van der Waals surface area contributed by atoms with Gasteiger partial charge in [0.2, 0.25) is 0 Å². The third-order valence-corrected chi connectivity index (χ3v) is 4.47. The van der Waals surface area contributed by atoms with Crippen LogP contribution in [0.3, 0.4) is 0 Å². The molecule has 3 aromatic carbocycles. The van der Waals surface area contributed by atoms with E-state index in [9.17, 15) is 9.18 Å². The van der Waals surface area contributed by atoms with Crippen LogP contribution in [-0.2, 0) is 16.2 Å². The zero-order chi connectivity index (χ0) is 22.9. The fourth-order valence-electron chi connectivity index (χ4n) is 2.84. The first kappa shape index (κ1) is 22.6. The van der Waals surface area contributed by atoms with Gasteiger partial charge in [-0.3, -0.25) is 0 Å². The molecule has 0 aliphatic carbocycles. The maximum Gasteiger partial charge on any atom is 0.358 e. The number of carbonyl (C=O) groups excluding carboxylic acids is 1. The number of amidine groups is 1. The van der Waals surface area contributed by atoms with Crippen LogP contribution in [0.4, 0.5) is 4.39 Å². The van der Waals surface area contributed by atoms with Crippen molar-refractivity contribution in [2.75, 3.05) is 7.11 Å². The Kier molecular flexibility index (Phi) is 7.59. The first-order chi connectivity index (χ1) is 15.4. The van der Waals surface area contributed by atoms with Gasteiger partial charge in [0.25, 0.3) is 0 Å². The van der Waals surface area contributed by atoms with E-state index in [0.29, 0.717) is 17.9 Å². The molecule has 0 saturated heterocycles. The number of benzene rings is 3. The first-order valence-electron chi connectivity index (χ1n) is 9.79. The van der Waals surface area contributed by atoms with Gasteiger partial charge < -0.3 is 20.0 Å². The van der Waals surface area contributed by atoms with Gasteiger partial charge in [-0.1, -0.05) is 23.4 Å². The molecule has 0 fully saturated rings. The van der Waals surface area contributed by atoms with Gasteiger partial charge in [-0.2, -0.15) is 0 Å². The molecule has 0 saturated carbocycles. The highest BCUT2D eigenvalue weighted by Crippen LogP contribution is 2.23. The van der Waals surface area contributed by atoms with Crippen molar-refractivity contribution >= 4 is 17.9 Å². The SMILES string of the molecule is COc1ccc(/C=C\C(=O)O/N=C(\N)c2ccc(F)cc2)cc1COc1cccc(C)c1. The van der Waals surface area contributed by atoms with E-state index in [1.807, 2.05) is 37.3 Å². The average molecular weight is 434 g/mol. The van der Waals surface area contributed by atoms with Crippen LogP contribution in [-0.4, -0.2) is 18.9 Å². The van der Waals surface area contributed by atoms with Crippen LogP contribution in [0.5, 0.6) is 11.5 Å². The van der Waals surface area contributed by atoms with Gasteiger partial charge in [-0.05, 0) is 72.7 Å². The van der Waals surface area contributed by atoms with Crippen molar-refractivity contribution in [3.63, 3.8) is 0 Å². The molecule has 2 N–H and O–H groups in total. The van der Waals surface area contributed by atoms with Crippen LogP contribution in [0.2, 0.25) is 0 Å². The Hall–Kier alpha value is -4.13. The number of nitrogens with two attached hydrogens (primary N) is 1. The molecule has 0 bridgehead atoms. The molecule has 0 radical (unpaired) electrons. The summed E-state index contributed by atoms with van der Waals surface area (Å²) in [6, 6.07) is 18.6. The minimum atomic E-state index is -0.705. The van der Waals surface area contributed by atoms with Crippen molar-refractivity contribution in [3.05, 3.63) is 101 Å². The Morgan fingerprint density at radius 3 is 2.59 bits per heavy atom. The van der Waals surface area contributed by atoms with Crippen LogP contribution in [0, 0.1) is 12.7 Å². The molecule has 3 aromatic rings. The molecule has 7 heteroatoms. The largest absolute Gasteiger partial charge is 0.496 e. The van der Waals surface area contributed by atoms with Gasteiger partial charge in [0, 0.05) is 17.2 Å².